The average Bonchev–Trinajstić information content (AvgIpc) is 3.09. The lowest BCUT2D eigenvalue weighted by molar-refractivity contribution is 0.224. The quantitative estimate of drug-likeness (QED) is 0.810. The van der Waals surface area contributed by atoms with Gasteiger partial charge in [0.1, 0.15) is 12.1 Å². The number of likely N-dealkylation sites (tertiary alicyclic amines) is 2. The molecule has 3 saturated heterocycles. The highest BCUT2D eigenvalue weighted by molar-refractivity contribution is 5.41. The van der Waals surface area contributed by atoms with E-state index in [0.29, 0.717) is 5.92 Å². The Morgan fingerprint density at radius 2 is 1.54 bits per heavy atom. The van der Waals surface area contributed by atoms with Gasteiger partial charge in [-0.3, -0.25) is 0 Å². The van der Waals surface area contributed by atoms with Crippen molar-refractivity contribution in [1.29, 1.82) is 0 Å². The monoisotopic (exact) mass is 357 g/mol. The van der Waals surface area contributed by atoms with E-state index in [1.54, 1.807) is 6.33 Å². The molecule has 1 aromatic heterocycles. The summed E-state index contributed by atoms with van der Waals surface area (Å²) in [5.41, 5.74) is 1.16. The molecular formula is C21H35N5. The van der Waals surface area contributed by atoms with Crippen LogP contribution < -0.4 is 4.90 Å². The number of hydrogen-bond acceptors (Lipinski definition) is 5. The maximum Gasteiger partial charge on any atom is 0.132 e. The van der Waals surface area contributed by atoms with E-state index >= 15 is 0 Å². The third kappa shape index (κ3) is 4.20. The molecule has 3 aliphatic rings. The number of rotatable bonds is 5. The summed E-state index contributed by atoms with van der Waals surface area (Å²) in [7, 11) is 0. The van der Waals surface area contributed by atoms with E-state index in [2.05, 4.69) is 44.6 Å². The first-order valence-corrected chi connectivity index (χ1v) is 10.7. The minimum atomic E-state index is 0.466. The van der Waals surface area contributed by atoms with Gasteiger partial charge in [0.2, 0.25) is 0 Å². The van der Waals surface area contributed by atoms with Gasteiger partial charge in [0.25, 0.3) is 0 Å². The third-order valence-electron chi connectivity index (χ3n) is 6.58. The summed E-state index contributed by atoms with van der Waals surface area (Å²) in [6, 6.07) is 2.20. The van der Waals surface area contributed by atoms with Crippen LogP contribution in [0.1, 0.15) is 51.1 Å². The SMILES string of the molecule is CC(C)c1cc(N2CC3CN(CCN4CCCCCC4)CC3C2)ncn1. The molecule has 0 radical (unpaired) electrons. The molecule has 26 heavy (non-hydrogen) atoms. The lowest BCUT2D eigenvalue weighted by Gasteiger charge is -2.26. The van der Waals surface area contributed by atoms with Crippen LogP contribution in [0.3, 0.4) is 0 Å². The third-order valence-corrected chi connectivity index (χ3v) is 6.58. The van der Waals surface area contributed by atoms with Gasteiger partial charge in [0, 0.05) is 51.0 Å². The van der Waals surface area contributed by atoms with E-state index in [1.807, 2.05) is 0 Å². The van der Waals surface area contributed by atoms with Crippen molar-refractivity contribution in [2.45, 2.75) is 45.4 Å². The van der Waals surface area contributed by atoms with Gasteiger partial charge in [-0.25, -0.2) is 9.97 Å². The number of fused-ring (bicyclic) bond motifs is 1. The Morgan fingerprint density at radius 3 is 2.19 bits per heavy atom. The molecular weight excluding hydrogens is 322 g/mol. The normalized spacial score (nSPS) is 27.9. The number of aromatic nitrogens is 2. The molecule has 0 N–H and O–H groups in total. The number of anilines is 1. The Balaban J connectivity index is 1.27. The van der Waals surface area contributed by atoms with Crippen LogP contribution in [0.5, 0.6) is 0 Å². The molecule has 0 bridgehead atoms. The predicted octanol–water partition coefficient (Wildman–Crippen LogP) is 2.84. The Labute approximate surface area is 158 Å². The molecule has 2 unspecified atom stereocenters. The zero-order valence-electron chi connectivity index (χ0n) is 16.6. The fourth-order valence-corrected chi connectivity index (χ4v) is 4.95. The van der Waals surface area contributed by atoms with Crippen molar-refractivity contribution in [2.75, 3.05) is 57.3 Å². The maximum atomic E-state index is 4.55. The molecule has 5 nitrogen and oxygen atoms in total. The molecule has 0 aliphatic carbocycles. The Bertz CT molecular complexity index is 568. The second kappa shape index (κ2) is 8.22. The minimum absolute atomic E-state index is 0.466. The van der Waals surface area contributed by atoms with E-state index in [0.717, 1.165) is 23.3 Å². The molecule has 3 fully saturated rings. The largest absolute Gasteiger partial charge is 0.356 e. The summed E-state index contributed by atoms with van der Waals surface area (Å²) in [5.74, 6) is 3.23. The van der Waals surface area contributed by atoms with E-state index in [9.17, 15) is 0 Å². The van der Waals surface area contributed by atoms with Crippen LogP contribution in [0.2, 0.25) is 0 Å². The number of nitrogens with zero attached hydrogens (tertiary/aromatic N) is 5. The van der Waals surface area contributed by atoms with E-state index < -0.39 is 0 Å². The number of hydrogen-bond donors (Lipinski definition) is 0. The molecule has 0 aromatic carbocycles. The summed E-state index contributed by atoms with van der Waals surface area (Å²) in [4.78, 5) is 16.9. The molecule has 0 amide bonds. The minimum Gasteiger partial charge on any atom is -0.356 e. The fraction of sp³-hybridized carbons (Fsp3) is 0.810. The Hall–Kier alpha value is -1.20. The fourth-order valence-electron chi connectivity index (χ4n) is 4.95. The van der Waals surface area contributed by atoms with Gasteiger partial charge in [-0.1, -0.05) is 26.7 Å². The molecule has 144 valence electrons. The van der Waals surface area contributed by atoms with Gasteiger partial charge < -0.3 is 14.7 Å². The second-order valence-electron chi connectivity index (χ2n) is 8.90. The van der Waals surface area contributed by atoms with Gasteiger partial charge in [-0.05, 0) is 43.7 Å². The Kier molecular flexibility index (Phi) is 5.75. The van der Waals surface area contributed by atoms with Crippen LogP contribution in [0.4, 0.5) is 5.82 Å². The van der Waals surface area contributed by atoms with E-state index in [-0.39, 0.29) is 0 Å². The topological polar surface area (TPSA) is 35.5 Å². The highest BCUT2D eigenvalue weighted by Gasteiger charge is 2.40. The molecule has 2 atom stereocenters. The predicted molar refractivity (Wildman–Crippen MR) is 107 cm³/mol. The van der Waals surface area contributed by atoms with E-state index in [4.69, 9.17) is 0 Å². The molecule has 4 rings (SSSR count). The lowest BCUT2D eigenvalue weighted by atomic mass is 10.0. The zero-order chi connectivity index (χ0) is 17.9. The molecule has 0 spiro atoms. The van der Waals surface area contributed by atoms with Crippen molar-refractivity contribution in [3.63, 3.8) is 0 Å². The highest BCUT2D eigenvalue weighted by Crippen LogP contribution is 2.33. The van der Waals surface area contributed by atoms with Crippen LogP contribution in [-0.4, -0.2) is 72.1 Å². The summed E-state index contributed by atoms with van der Waals surface area (Å²) >= 11 is 0. The van der Waals surface area contributed by atoms with Crippen LogP contribution in [0.15, 0.2) is 12.4 Å². The summed E-state index contributed by atoms with van der Waals surface area (Å²) < 4.78 is 0. The first kappa shape index (κ1) is 18.2. The molecule has 1 aromatic rings. The van der Waals surface area contributed by atoms with Crippen LogP contribution in [0.25, 0.3) is 0 Å². The second-order valence-corrected chi connectivity index (χ2v) is 8.90. The van der Waals surface area contributed by atoms with Crippen molar-refractivity contribution in [3.05, 3.63) is 18.1 Å². The summed E-state index contributed by atoms with van der Waals surface area (Å²) in [6.45, 7) is 14.5. The van der Waals surface area contributed by atoms with Crippen molar-refractivity contribution in [1.82, 2.24) is 19.8 Å². The molecule has 3 aliphatic heterocycles. The van der Waals surface area contributed by atoms with Crippen molar-refractivity contribution in [3.8, 4) is 0 Å². The van der Waals surface area contributed by atoms with Crippen LogP contribution in [0, 0.1) is 11.8 Å². The zero-order valence-corrected chi connectivity index (χ0v) is 16.6. The van der Waals surface area contributed by atoms with E-state index in [1.165, 1.54) is 78.0 Å². The van der Waals surface area contributed by atoms with Crippen LogP contribution in [-0.2, 0) is 0 Å². The maximum absolute atomic E-state index is 4.55. The van der Waals surface area contributed by atoms with Gasteiger partial charge in [-0.15, -0.1) is 0 Å². The van der Waals surface area contributed by atoms with Crippen LogP contribution >= 0.6 is 0 Å². The van der Waals surface area contributed by atoms with Crippen molar-refractivity contribution in [2.24, 2.45) is 11.8 Å². The molecule has 0 saturated carbocycles. The smallest absolute Gasteiger partial charge is 0.132 e. The summed E-state index contributed by atoms with van der Waals surface area (Å²) in [6.07, 6.45) is 7.41. The van der Waals surface area contributed by atoms with Gasteiger partial charge in [-0.2, -0.15) is 0 Å². The summed E-state index contributed by atoms with van der Waals surface area (Å²) in [5, 5.41) is 0. The molecule has 5 heteroatoms. The average molecular weight is 358 g/mol. The first-order chi connectivity index (χ1) is 12.7. The van der Waals surface area contributed by atoms with Crippen molar-refractivity contribution < 1.29 is 0 Å². The Morgan fingerprint density at radius 1 is 0.885 bits per heavy atom. The highest BCUT2D eigenvalue weighted by atomic mass is 15.3. The van der Waals surface area contributed by atoms with Gasteiger partial charge in [0.05, 0.1) is 0 Å². The standard InChI is InChI=1S/C21H35N5/c1-17(2)20-11-21(23-16-22-20)26-14-18-12-25(13-19(18)15-26)10-9-24-7-5-3-4-6-8-24/h11,16-19H,3-10,12-15H2,1-2H3. The lowest BCUT2D eigenvalue weighted by Crippen LogP contribution is -2.36. The van der Waals surface area contributed by atoms with Gasteiger partial charge in [0.15, 0.2) is 0 Å². The van der Waals surface area contributed by atoms with Gasteiger partial charge >= 0.3 is 0 Å². The molecule has 4 heterocycles. The van der Waals surface area contributed by atoms with Crippen molar-refractivity contribution >= 4 is 5.82 Å². The first-order valence-electron chi connectivity index (χ1n) is 10.7.